The lowest BCUT2D eigenvalue weighted by molar-refractivity contribution is -0.141. The van der Waals surface area contributed by atoms with E-state index in [1.807, 2.05) is 6.92 Å². The summed E-state index contributed by atoms with van der Waals surface area (Å²) in [5, 5.41) is 0.305. The number of rotatable bonds is 3. The van der Waals surface area contributed by atoms with E-state index in [2.05, 4.69) is 19.9 Å². The van der Waals surface area contributed by atoms with Crippen molar-refractivity contribution < 1.29 is 13.2 Å². The van der Waals surface area contributed by atoms with Crippen molar-refractivity contribution in [2.45, 2.75) is 19.6 Å². The molecule has 0 saturated carbocycles. The van der Waals surface area contributed by atoms with Crippen LogP contribution in [0.15, 0.2) is 59.9 Å². The Morgan fingerprint density at radius 1 is 1.03 bits per heavy atom. The molecule has 0 unspecified atom stereocenters. The fourth-order valence-electron chi connectivity index (χ4n) is 2.93. The van der Waals surface area contributed by atoms with Crippen LogP contribution >= 0.6 is 0 Å². The van der Waals surface area contributed by atoms with Crippen LogP contribution in [0.25, 0.3) is 33.5 Å². The number of alkyl halides is 3. The van der Waals surface area contributed by atoms with Crippen LogP contribution in [-0.4, -0.2) is 24.5 Å². The quantitative estimate of drug-likeness (QED) is 0.523. The van der Waals surface area contributed by atoms with Crippen molar-refractivity contribution in [3.63, 3.8) is 0 Å². The summed E-state index contributed by atoms with van der Waals surface area (Å²) in [7, 11) is 0. The van der Waals surface area contributed by atoms with Crippen LogP contribution in [0.3, 0.4) is 0 Å². The van der Waals surface area contributed by atoms with Gasteiger partial charge in [-0.05, 0) is 37.3 Å². The summed E-state index contributed by atoms with van der Waals surface area (Å²) in [5.41, 5.74) is 0.649. The molecule has 4 aromatic rings. The van der Waals surface area contributed by atoms with Gasteiger partial charge in [0.25, 0.3) is 5.56 Å². The molecule has 0 bridgehead atoms. The number of nitrogens with zero attached hydrogens (tertiary/aromatic N) is 5. The molecule has 4 heterocycles. The van der Waals surface area contributed by atoms with E-state index in [1.165, 1.54) is 23.0 Å². The monoisotopic (exact) mass is 397 g/mol. The normalized spacial score (nSPS) is 11.7. The molecule has 4 aromatic heterocycles. The Labute approximate surface area is 162 Å². The van der Waals surface area contributed by atoms with E-state index in [0.29, 0.717) is 40.1 Å². The summed E-state index contributed by atoms with van der Waals surface area (Å²) in [5.74, 6) is 0. The number of aromatic nitrogens is 5. The first-order valence-corrected chi connectivity index (χ1v) is 8.73. The van der Waals surface area contributed by atoms with Gasteiger partial charge in [0.05, 0.1) is 23.1 Å². The Hall–Kier alpha value is -3.62. The van der Waals surface area contributed by atoms with Gasteiger partial charge in [-0.15, -0.1) is 0 Å². The second-order valence-electron chi connectivity index (χ2n) is 6.23. The van der Waals surface area contributed by atoms with E-state index in [4.69, 9.17) is 0 Å². The number of halogens is 3. The Kier molecular flexibility index (Phi) is 4.57. The fraction of sp³-hybridized carbons (Fsp3) is 0.150. The summed E-state index contributed by atoms with van der Waals surface area (Å²) in [6.45, 7) is 2.25. The highest BCUT2D eigenvalue weighted by Crippen LogP contribution is 2.30. The predicted octanol–water partition coefficient (Wildman–Crippen LogP) is 3.95. The average molecular weight is 397 g/mol. The van der Waals surface area contributed by atoms with Gasteiger partial charge in [0.15, 0.2) is 0 Å². The minimum absolute atomic E-state index is 0.266. The first kappa shape index (κ1) is 18.7. The molecule has 0 aliphatic rings. The molecule has 0 N–H and O–H groups in total. The van der Waals surface area contributed by atoms with Gasteiger partial charge in [0.1, 0.15) is 16.9 Å². The molecule has 0 aliphatic carbocycles. The number of fused-ring (bicyclic) bond motifs is 1. The summed E-state index contributed by atoms with van der Waals surface area (Å²) < 4.78 is 39.9. The first-order valence-electron chi connectivity index (χ1n) is 8.73. The Morgan fingerprint density at radius 3 is 2.48 bits per heavy atom. The molecule has 0 aromatic carbocycles. The SMILES string of the molecule is CCn1cnc2c(-c3ccccn3)nc(-c3ccc(C(F)(F)F)nc3)cc2c1=O. The molecule has 6 nitrogen and oxygen atoms in total. The molecular weight excluding hydrogens is 383 g/mol. The molecular formula is C20H14F3N5O. The molecule has 0 radical (unpaired) electrons. The first-order chi connectivity index (χ1) is 13.9. The molecule has 29 heavy (non-hydrogen) atoms. The zero-order valence-electron chi connectivity index (χ0n) is 15.2. The van der Waals surface area contributed by atoms with Crippen molar-refractivity contribution in [3.05, 3.63) is 71.2 Å². The molecule has 0 spiro atoms. The Bertz CT molecular complexity index is 1240. The average Bonchev–Trinajstić information content (AvgIpc) is 2.73. The van der Waals surface area contributed by atoms with Crippen molar-refractivity contribution in [2.24, 2.45) is 0 Å². The topological polar surface area (TPSA) is 73.6 Å². The molecule has 0 saturated heterocycles. The smallest absolute Gasteiger partial charge is 0.299 e. The van der Waals surface area contributed by atoms with Gasteiger partial charge < -0.3 is 0 Å². The maximum atomic E-state index is 12.8. The number of pyridine rings is 3. The minimum Gasteiger partial charge on any atom is -0.299 e. The fourth-order valence-corrected chi connectivity index (χ4v) is 2.93. The number of hydrogen-bond acceptors (Lipinski definition) is 5. The van der Waals surface area contributed by atoms with Crippen LogP contribution < -0.4 is 5.56 Å². The van der Waals surface area contributed by atoms with Gasteiger partial charge in [-0.2, -0.15) is 13.2 Å². The maximum absolute atomic E-state index is 12.8. The van der Waals surface area contributed by atoms with Crippen molar-refractivity contribution in [2.75, 3.05) is 0 Å². The van der Waals surface area contributed by atoms with Crippen LogP contribution in [0.1, 0.15) is 12.6 Å². The zero-order chi connectivity index (χ0) is 20.6. The van der Waals surface area contributed by atoms with Crippen LogP contribution in [0.2, 0.25) is 0 Å². The highest BCUT2D eigenvalue weighted by atomic mass is 19.4. The largest absolute Gasteiger partial charge is 0.433 e. The van der Waals surface area contributed by atoms with E-state index in [9.17, 15) is 18.0 Å². The zero-order valence-corrected chi connectivity index (χ0v) is 15.2. The second-order valence-corrected chi connectivity index (χ2v) is 6.23. The van der Waals surface area contributed by atoms with Crippen molar-refractivity contribution in [1.29, 1.82) is 0 Å². The van der Waals surface area contributed by atoms with Gasteiger partial charge in [-0.3, -0.25) is 19.3 Å². The van der Waals surface area contributed by atoms with E-state index in [0.717, 1.165) is 12.3 Å². The predicted molar refractivity (Wildman–Crippen MR) is 101 cm³/mol. The summed E-state index contributed by atoms with van der Waals surface area (Å²) in [6, 6.07) is 8.93. The molecule has 4 rings (SSSR count). The molecule has 0 aliphatic heterocycles. The van der Waals surface area contributed by atoms with Crippen LogP contribution in [0, 0.1) is 0 Å². The van der Waals surface area contributed by atoms with Crippen LogP contribution in [0.4, 0.5) is 13.2 Å². The van der Waals surface area contributed by atoms with Crippen molar-refractivity contribution >= 4 is 10.9 Å². The van der Waals surface area contributed by atoms with E-state index in [1.54, 1.807) is 24.4 Å². The van der Waals surface area contributed by atoms with Crippen LogP contribution in [0.5, 0.6) is 0 Å². The Balaban J connectivity index is 1.98. The third-order valence-electron chi connectivity index (χ3n) is 4.41. The highest BCUT2D eigenvalue weighted by Gasteiger charge is 2.32. The maximum Gasteiger partial charge on any atom is 0.433 e. The highest BCUT2D eigenvalue weighted by molar-refractivity contribution is 5.92. The molecule has 9 heteroatoms. The Morgan fingerprint density at radius 2 is 1.86 bits per heavy atom. The second kappa shape index (κ2) is 7.08. The van der Waals surface area contributed by atoms with E-state index >= 15 is 0 Å². The van der Waals surface area contributed by atoms with Gasteiger partial charge in [-0.25, -0.2) is 9.97 Å². The van der Waals surface area contributed by atoms with Crippen molar-refractivity contribution in [1.82, 2.24) is 24.5 Å². The lowest BCUT2D eigenvalue weighted by Crippen LogP contribution is -2.20. The van der Waals surface area contributed by atoms with Crippen molar-refractivity contribution in [3.8, 4) is 22.6 Å². The molecule has 146 valence electrons. The summed E-state index contributed by atoms with van der Waals surface area (Å²) in [4.78, 5) is 29.5. The van der Waals surface area contributed by atoms with Gasteiger partial charge in [0.2, 0.25) is 0 Å². The summed E-state index contributed by atoms with van der Waals surface area (Å²) in [6.07, 6.45) is -0.415. The molecule has 0 atom stereocenters. The van der Waals surface area contributed by atoms with Gasteiger partial charge in [0, 0.05) is 24.5 Å². The van der Waals surface area contributed by atoms with Gasteiger partial charge in [-0.1, -0.05) is 6.07 Å². The van der Waals surface area contributed by atoms with E-state index < -0.39 is 11.9 Å². The number of aryl methyl sites for hydroxylation is 1. The standard InChI is InChI=1S/C20H14F3N5O/c1-2-28-11-26-17-13(19(28)29)9-15(27-18(17)14-5-3-4-8-24-14)12-6-7-16(25-10-12)20(21,22)23/h3-11H,2H2,1H3. The molecule has 0 amide bonds. The van der Waals surface area contributed by atoms with Gasteiger partial charge >= 0.3 is 6.18 Å². The summed E-state index contributed by atoms with van der Waals surface area (Å²) >= 11 is 0. The third-order valence-corrected chi connectivity index (χ3v) is 4.41. The number of hydrogen-bond donors (Lipinski definition) is 0. The lowest BCUT2D eigenvalue weighted by atomic mass is 10.1. The van der Waals surface area contributed by atoms with E-state index in [-0.39, 0.29) is 5.56 Å². The minimum atomic E-state index is -4.53. The third kappa shape index (κ3) is 3.46. The lowest BCUT2D eigenvalue weighted by Gasteiger charge is -2.11. The van der Waals surface area contributed by atoms with Crippen LogP contribution in [-0.2, 0) is 12.7 Å². The molecule has 0 fully saturated rings.